The summed E-state index contributed by atoms with van der Waals surface area (Å²) in [6.07, 6.45) is 0. The number of aromatic nitrogens is 5. The Balaban J connectivity index is 1.60. The summed E-state index contributed by atoms with van der Waals surface area (Å²) in [6, 6.07) is 17.1. The van der Waals surface area contributed by atoms with Crippen LogP contribution in [0.3, 0.4) is 0 Å². The van der Waals surface area contributed by atoms with E-state index in [-0.39, 0.29) is 17.3 Å². The zero-order valence-electron chi connectivity index (χ0n) is 17.8. The number of thioether (sulfide) groups is 1. The van der Waals surface area contributed by atoms with E-state index in [9.17, 15) is 4.79 Å². The molecule has 4 rings (SSSR count). The zero-order chi connectivity index (χ0) is 23.2. The standard InChI is InChI=1S/C21H20N8O3S/c1-13(14-7-6-8-15(11-14)31-2)23-25-21(30)18-17(12-33-16-9-4-3-5-10-16)29(28-24-18)20-19(22)26-32-27-20/h3-11H,12H2,1-2H3,(H2,22,26)(H,25,30)/b23-13-. The Labute approximate surface area is 193 Å². The van der Waals surface area contributed by atoms with Gasteiger partial charge in [-0.3, -0.25) is 4.79 Å². The first-order valence-corrected chi connectivity index (χ1v) is 10.7. The molecule has 0 unspecified atom stereocenters. The molecule has 0 radical (unpaired) electrons. The number of nitrogens with one attached hydrogen (secondary N) is 1. The first kappa shape index (κ1) is 22.0. The number of ether oxygens (including phenoxy) is 1. The molecule has 168 valence electrons. The number of hydrogen-bond donors (Lipinski definition) is 2. The van der Waals surface area contributed by atoms with Gasteiger partial charge in [-0.25, -0.2) is 10.1 Å². The van der Waals surface area contributed by atoms with Gasteiger partial charge in [-0.1, -0.05) is 35.5 Å². The van der Waals surface area contributed by atoms with Gasteiger partial charge in [0.1, 0.15) is 5.75 Å². The van der Waals surface area contributed by atoms with Gasteiger partial charge in [0.2, 0.25) is 11.6 Å². The third kappa shape index (κ3) is 5.01. The maximum atomic E-state index is 12.9. The van der Waals surface area contributed by atoms with Crippen LogP contribution in [0.1, 0.15) is 28.7 Å². The molecule has 0 atom stereocenters. The fourth-order valence-electron chi connectivity index (χ4n) is 2.88. The Morgan fingerprint density at radius 3 is 2.76 bits per heavy atom. The minimum atomic E-state index is -0.526. The van der Waals surface area contributed by atoms with Gasteiger partial charge in [-0.2, -0.15) is 9.78 Å². The summed E-state index contributed by atoms with van der Waals surface area (Å²) >= 11 is 1.50. The van der Waals surface area contributed by atoms with Crippen LogP contribution in [0.15, 0.2) is 69.2 Å². The maximum Gasteiger partial charge on any atom is 0.293 e. The van der Waals surface area contributed by atoms with Crippen molar-refractivity contribution in [2.45, 2.75) is 17.6 Å². The van der Waals surface area contributed by atoms with Gasteiger partial charge >= 0.3 is 0 Å². The van der Waals surface area contributed by atoms with Gasteiger partial charge < -0.3 is 10.5 Å². The van der Waals surface area contributed by atoms with Crippen LogP contribution in [0.5, 0.6) is 5.75 Å². The second kappa shape index (κ2) is 9.96. The lowest BCUT2D eigenvalue weighted by Crippen LogP contribution is -2.21. The number of methoxy groups -OCH3 is 1. The molecule has 0 bridgehead atoms. The van der Waals surface area contributed by atoms with E-state index >= 15 is 0 Å². The van der Waals surface area contributed by atoms with E-state index in [0.717, 1.165) is 10.5 Å². The van der Waals surface area contributed by atoms with E-state index in [4.69, 9.17) is 10.5 Å². The summed E-state index contributed by atoms with van der Waals surface area (Å²) in [6.45, 7) is 1.78. The number of carbonyl (C=O) groups is 1. The van der Waals surface area contributed by atoms with Crippen LogP contribution >= 0.6 is 11.8 Å². The number of rotatable bonds is 8. The van der Waals surface area contributed by atoms with E-state index in [1.165, 1.54) is 16.4 Å². The molecule has 1 amide bonds. The van der Waals surface area contributed by atoms with Crippen LogP contribution in [0, 0.1) is 0 Å². The highest BCUT2D eigenvalue weighted by atomic mass is 32.2. The highest BCUT2D eigenvalue weighted by Crippen LogP contribution is 2.25. The molecule has 0 aliphatic rings. The maximum absolute atomic E-state index is 12.9. The molecule has 2 aromatic heterocycles. The van der Waals surface area contributed by atoms with Crippen molar-refractivity contribution in [3.8, 4) is 11.6 Å². The molecule has 12 heteroatoms. The molecule has 0 fully saturated rings. The van der Waals surface area contributed by atoms with E-state index in [1.807, 2.05) is 54.6 Å². The van der Waals surface area contributed by atoms with Gasteiger partial charge in [-0.15, -0.1) is 16.9 Å². The van der Waals surface area contributed by atoms with Gasteiger partial charge in [-0.05, 0) is 41.5 Å². The second-order valence-electron chi connectivity index (χ2n) is 6.74. The van der Waals surface area contributed by atoms with Gasteiger partial charge in [0, 0.05) is 16.2 Å². The van der Waals surface area contributed by atoms with Crippen molar-refractivity contribution in [1.29, 1.82) is 0 Å². The molecular weight excluding hydrogens is 444 g/mol. The summed E-state index contributed by atoms with van der Waals surface area (Å²) in [5.41, 5.74) is 10.3. The number of nitrogens with two attached hydrogens (primary N) is 1. The smallest absolute Gasteiger partial charge is 0.293 e. The highest BCUT2D eigenvalue weighted by Gasteiger charge is 2.24. The SMILES string of the molecule is COc1cccc(/C(C)=N\NC(=O)c2nnn(-c3nonc3N)c2CSc2ccccc2)c1. The Hall–Kier alpha value is -4.19. The largest absolute Gasteiger partial charge is 0.497 e. The van der Waals surface area contributed by atoms with E-state index < -0.39 is 5.91 Å². The third-order valence-corrected chi connectivity index (χ3v) is 5.63. The number of anilines is 1. The number of amides is 1. The molecule has 0 spiro atoms. The molecule has 33 heavy (non-hydrogen) atoms. The van der Waals surface area contributed by atoms with Gasteiger partial charge in [0.15, 0.2) is 5.69 Å². The average Bonchev–Trinajstić information content (AvgIpc) is 3.47. The number of hydrogen-bond acceptors (Lipinski definition) is 10. The number of nitrogens with zero attached hydrogens (tertiary/aromatic N) is 6. The third-order valence-electron chi connectivity index (χ3n) is 4.61. The molecule has 0 saturated heterocycles. The normalized spacial score (nSPS) is 11.4. The Morgan fingerprint density at radius 2 is 2.03 bits per heavy atom. The molecule has 0 aliphatic carbocycles. The monoisotopic (exact) mass is 464 g/mol. The minimum absolute atomic E-state index is 0.0321. The van der Waals surface area contributed by atoms with E-state index in [1.54, 1.807) is 14.0 Å². The first-order valence-electron chi connectivity index (χ1n) is 9.76. The quantitative estimate of drug-likeness (QED) is 0.228. The molecular formula is C21H20N8O3S. The fraction of sp³-hybridized carbons (Fsp3) is 0.143. The molecule has 2 heterocycles. The minimum Gasteiger partial charge on any atom is -0.497 e. The van der Waals surface area contributed by atoms with E-state index in [0.29, 0.717) is 22.9 Å². The van der Waals surface area contributed by atoms with Crippen LogP contribution in [-0.2, 0) is 5.75 Å². The lowest BCUT2D eigenvalue weighted by molar-refractivity contribution is 0.0949. The summed E-state index contributed by atoms with van der Waals surface area (Å²) in [4.78, 5) is 14.0. The summed E-state index contributed by atoms with van der Waals surface area (Å²) < 4.78 is 11.3. The number of benzene rings is 2. The molecule has 2 aromatic carbocycles. The van der Waals surface area contributed by atoms with Crippen molar-refractivity contribution < 1.29 is 14.2 Å². The number of carbonyl (C=O) groups excluding carboxylic acids is 1. The predicted octanol–water partition coefficient (Wildman–Crippen LogP) is 2.69. The summed E-state index contributed by atoms with van der Waals surface area (Å²) in [7, 11) is 1.59. The molecule has 11 nitrogen and oxygen atoms in total. The zero-order valence-corrected chi connectivity index (χ0v) is 18.6. The summed E-state index contributed by atoms with van der Waals surface area (Å²) in [5, 5.41) is 19.6. The van der Waals surface area contributed by atoms with Crippen molar-refractivity contribution in [3.05, 3.63) is 71.5 Å². The Morgan fingerprint density at radius 1 is 1.21 bits per heavy atom. The van der Waals surface area contributed by atoms with Crippen LogP contribution in [0.2, 0.25) is 0 Å². The lowest BCUT2D eigenvalue weighted by Gasteiger charge is -2.07. The molecule has 0 aliphatic heterocycles. The van der Waals surface area contributed by atoms with Crippen molar-refractivity contribution in [2.75, 3.05) is 12.8 Å². The van der Waals surface area contributed by atoms with Crippen molar-refractivity contribution >= 4 is 29.2 Å². The van der Waals surface area contributed by atoms with Crippen molar-refractivity contribution in [2.24, 2.45) is 5.10 Å². The second-order valence-corrected chi connectivity index (χ2v) is 7.79. The first-order chi connectivity index (χ1) is 16.1. The van der Waals surface area contributed by atoms with Crippen LogP contribution in [0.25, 0.3) is 5.82 Å². The van der Waals surface area contributed by atoms with Crippen LogP contribution in [-0.4, -0.2) is 44.0 Å². The molecule has 4 aromatic rings. The summed E-state index contributed by atoms with van der Waals surface area (Å²) in [5.74, 6) is 0.716. The van der Waals surface area contributed by atoms with Crippen LogP contribution < -0.4 is 15.9 Å². The Bertz CT molecular complexity index is 1290. The van der Waals surface area contributed by atoms with Crippen LogP contribution in [0.4, 0.5) is 5.82 Å². The van der Waals surface area contributed by atoms with Gasteiger partial charge in [0.25, 0.3) is 5.91 Å². The predicted molar refractivity (Wildman–Crippen MR) is 122 cm³/mol. The van der Waals surface area contributed by atoms with Crippen molar-refractivity contribution in [3.63, 3.8) is 0 Å². The van der Waals surface area contributed by atoms with Crippen molar-refractivity contribution in [1.82, 2.24) is 30.7 Å². The topological polar surface area (TPSA) is 146 Å². The number of nitrogen functional groups attached to an aromatic ring is 1. The lowest BCUT2D eigenvalue weighted by atomic mass is 10.1. The highest BCUT2D eigenvalue weighted by molar-refractivity contribution is 7.98. The van der Waals surface area contributed by atoms with E-state index in [2.05, 4.69) is 35.8 Å². The molecule has 3 N–H and O–H groups in total. The van der Waals surface area contributed by atoms with Gasteiger partial charge in [0.05, 0.1) is 18.5 Å². The Kier molecular flexibility index (Phi) is 6.64. The fourth-order valence-corrected chi connectivity index (χ4v) is 3.80. The number of hydrazone groups is 1. The average molecular weight is 465 g/mol. The molecule has 0 saturated carbocycles.